The van der Waals surface area contributed by atoms with Crippen LogP contribution in [0.3, 0.4) is 0 Å². The third-order valence-corrected chi connectivity index (χ3v) is 6.79. The van der Waals surface area contributed by atoms with E-state index in [1.807, 2.05) is 19.1 Å². The van der Waals surface area contributed by atoms with Crippen LogP contribution in [0.5, 0.6) is 0 Å². The largest absolute Gasteiger partial charge is 0.372 e. The number of carbonyl (C=O) groups is 1. The zero-order valence-electron chi connectivity index (χ0n) is 17.9. The lowest BCUT2D eigenvalue weighted by molar-refractivity contribution is -0.120. The van der Waals surface area contributed by atoms with Gasteiger partial charge >= 0.3 is 0 Å². The minimum atomic E-state index is -3.57. The van der Waals surface area contributed by atoms with E-state index in [4.69, 9.17) is 0 Å². The predicted molar refractivity (Wildman–Crippen MR) is 122 cm³/mol. The van der Waals surface area contributed by atoms with Gasteiger partial charge in [-0.1, -0.05) is 37.3 Å². The summed E-state index contributed by atoms with van der Waals surface area (Å²) in [6.45, 7) is 6.11. The number of para-hydroxylation sites is 1. The summed E-state index contributed by atoms with van der Waals surface area (Å²) in [6.07, 6.45) is 3.54. The molecule has 1 aliphatic rings. The molecule has 0 saturated carbocycles. The van der Waals surface area contributed by atoms with E-state index in [1.54, 1.807) is 30.3 Å². The Labute approximate surface area is 179 Å². The van der Waals surface area contributed by atoms with Crippen molar-refractivity contribution in [1.29, 1.82) is 0 Å². The first-order valence-electron chi connectivity index (χ1n) is 10.4. The molecule has 2 aromatic rings. The van der Waals surface area contributed by atoms with E-state index >= 15 is 0 Å². The van der Waals surface area contributed by atoms with E-state index in [1.165, 1.54) is 18.5 Å². The topological polar surface area (TPSA) is 69.7 Å². The van der Waals surface area contributed by atoms with Gasteiger partial charge in [0.25, 0.3) is 0 Å². The molecule has 0 aromatic heterocycles. The molecular formula is C23H31N3O3S. The monoisotopic (exact) mass is 429 g/mol. The second-order valence-electron chi connectivity index (χ2n) is 8.16. The van der Waals surface area contributed by atoms with Crippen LogP contribution in [0.1, 0.15) is 38.3 Å². The van der Waals surface area contributed by atoms with Crippen LogP contribution in [0.25, 0.3) is 0 Å². The van der Waals surface area contributed by atoms with Crippen molar-refractivity contribution in [3.05, 3.63) is 60.2 Å². The first kappa shape index (κ1) is 22.2. The molecule has 1 N–H and O–H groups in total. The van der Waals surface area contributed by atoms with Crippen molar-refractivity contribution >= 4 is 27.3 Å². The van der Waals surface area contributed by atoms with E-state index in [-0.39, 0.29) is 18.5 Å². The van der Waals surface area contributed by atoms with Crippen molar-refractivity contribution in [3.8, 4) is 0 Å². The Morgan fingerprint density at radius 1 is 1.10 bits per heavy atom. The molecule has 0 radical (unpaired) electrons. The fourth-order valence-corrected chi connectivity index (χ4v) is 4.59. The van der Waals surface area contributed by atoms with Crippen LogP contribution < -0.4 is 14.5 Å². The number of anilines is 2. The lowest BCUT2D eigenvalue weighted by atomic mass is 9.98. The van der Waals surface area contributed by atoms with Gasteiger partial charge in [0.15, 0.2) is 0 Å². The molecule has 1 heterocycles. The molecule has 162 valence electrons. The standard InChI is InChI=1S/C23H31N3O3S/c1-18-13-15-25(16-14-18)21-11-9-20(10-12-21)19(2)24-23(27)17-26(30(3,28)29)22-7-5-4-6-8-22/h4-12,18-19H,13-17H2,1-3H3,(H,24,27)/t19-/m1/s1. The normalized spacial score (nSPS) is 16.2. The number of amides is 1. The Hall–Kier alpha value is -2.54. The van der Waals surface area contributed by atoms with Crippen molar-refractivity contribution in [2.75, 3.05) is 35.1 Å². The number of rotatable bonds is 7. The molecule has 7 heteroatoms. The Morgan fingerprint density at radius 2 is 1.70 bits per heavy atom. The summed E-state index contributed by atoms with van der Waals surface area (Å²) in [5.41, 5.74) is 2.67. The van der Waals surface area contributed by atoms with E-state index < -0.39 is 10.0 Å². The molecular weight excluding hydrogens is 398 g/mol. The third kappa shape index (κ3) is 5.75. The van der Waals surface area contributed by atoms with E-state index in [0.29, 0.717) is 5.69 Å². The third-order valence-electron chi connectivity index (χ3n) is 5.65. The van der Waals surface area contributed by atoms with Crippen molar-refractivity contribution in [3.63, 3.8) is 0 Å². The summed E-state index contributed by atoms with van der Waals surface area (Å²) in [4.78, 5) is 15.0. The highest BCUT2D eigenvalue weighted by molar-refractivity contribution is 7.92. The van der Waals surface area contributed by atoms with Gasteiger partial charge in [0, 0.05) is 18.8 Å². The number of hydrogen-bond acceptors (Lipinski definition) is 4. The molecule has 0 aliphatic carbocycles. The number of hydrogen-bond donors (Lipinski definition) is 1. The first-order valence-corrected chi connectivity index (χ1v) is 12.3. The molecule has 0 bridgehead atoms. The van der Waals surface area contributed by atoms with Gasteiger partial charge in [-0.15, -0.1) is 0 Å². The molecule has 6 nitrogen and oxygen atoms in total. The van der Waals surface area contributed by atoms with Crippen LogP contribution in [0, 0.1) is 5.92 Å². The van der Waals surface area contributed by atoms with Crippen LogP contribution >= 0.6 is 0 Å². The van der Waals surface area contributed by atoms with Crippen molar-refractivity contribution < 1.29 is 13.2 Å². The van der Waals surface area contributed by atoms with Crippen molar-refractivity contribution in [2.45, 2.75) is 32.7 Å². The van der Waals surface area contributed by atoms with Gasteiger partial charge in [-0.05, 0) is 55.5 Å². The van der Waals surface area contributed by atoms with Gasteiger partial charge in [-0.25, -0.2) is 8.42 Å². The van der Waals surface area contributed by atoms with E-state index in [2.05, 4.69) is 29.3 Å². The molecule has 30 heavy (non-hydrogen) atoms. The van der Waals surface area contributed by atoms with Crippen LogP contribution in [0.2, 0.25) is 0 Å². The van der Waals surface area contributed by atoms with E-state index in [9.17, 15) is 13.2 Å². The van der Waals surface area contributed by atoms with Crippen LogP contribution in [0.15, 0.2) is 54.6 Å². The number of carbonyl (C=O) groups excluding carboxylic acids is 1. The van der Waals surface area contributed by atoms with Crippen molar-refractivity contribution in [2.24, 2.45) is 5.92 Å². The molecule has 0 unspecified atom stereocenters. The number of piperidine rings is 1. The van der Waals surface area contributed by atoms with E-state index in [0.717, 1.165) is 35.1 Å². The molecule has 1 aliphatic heterocycles. The highest BCUT2D eigenvalue weighted by atomic mass is 32.2. The predicted octanol–water partition coefficient (Wildman–Crippen LogP) is 3.57. The van der Waals surface area contributed by atoms with Gasteiger partial charge < -0.3 is 10.2 Å². The Balaban J connectivity index is 1.62. The van der Waals surface area contributed by atoms with Gasteiger partial charge in [-0.2, -0.15) is 0 Å². The Kier molecular flexibility index (Phi) is 7.02. The lowest BCUT2D eigenvalue weighted by Gasteiger charge is -2.32. The fourth-order valence-electron chi connectivity index (χ4n) is 3.74. The second-order valence-corrected chi connectivity index (χ2v) is 10.1. The average molecular weight is 430 g/mol. The summed E-state index contributed by atoms with van der Waals surface area (Å²) < 4.78 is 25.5. The van der Waals surface area contributed by atoms with Gasteiger partial charge in [0.05, 0.1) is 18.0 Å². The smallest absolute Gasteiger partial charge is 0.241 e. The molecule has 1 fully saturated rings. The maximum absolute atomic E-state index is 12.6. The molecule has 1 atom stereocenters. The Morgan fingerprint density at radius 3 is 2.27 bits per heavy atom. The average Bonchev–Trinajstić information content (AvgIpc) is 2.72. The highest BCUT2D eigenvalue weighted by Gasteiger charge is 2.22. The number of nitrogens with one attached hydrogen (secondary N) is 1. The summed E-state index contributed by atoms with van der Waals surface area (Å²) >= 11 is 0. The molecule has 1 saturated heterocycles. The van der Waals surface area contributed by atoms with Crippen LogP contribution in [0.4, 0.5) is 11.4 Å². The minimum Gasteiger partial charge on any atom is -0.372 e. The SMILES string of the molecule is CC1CCN(c2ccc([C@@H](C)NC(=O)CN(c3ccccc3)S(C)(=O)=O)cc2)CC1. The maximum Gasteiger partial charge on any atom is 0.241 e. The summed E-state index contributed by atoms with van der Waals surface area (Å²) in [6, 6.07) is 16.7. The van der Waals surface area contributed by atoms with Gasteiger partial charge in [0.2, 0.25) is 15.9 Å². The number of benzene rings is 2. The molecule has 3 rings (SSSR count). The summed E-state index contributed by atoms with van der Waals surface area (Å²) in [5.74, 6) is 0.448. The zero-order valence-corrected chi connectivity index (χ0v) is 18.7. The minimum absolute atomic E-state index is 0.217. The molecule has 0 spiro atoms. The molecule has 1 amide bonds. The van der Waals surface area contributed by atoms with Crippen LogP contribution in [-0.2, 0) is 14.8 Å². The second kappa shape index (κ2) is 9.51. The fraction of sp³-hybridized carbons (Fsp3) is 0.435. The molecule has 2 aromatic carbocycles. The van der Waals surface area contributed by atoms with Gasteiger partial charge in [0.1, 0.15) is 6.54 Å². The highest BCUT2D eigenvalue weighted by Crippen LogP contribution is 2.24. The number of sulfonamides is 1. The number of nitrogens with zero attached hydrogens (tertiary/aromatic N) is 2. The van der Waals surface area contributed by atoms with Crippen LogP contribution in [-0.4, -0.2) is 40.2 Å². The van der Waals surface area contributed by atoms with Gasteiger partial charge in [-0.3, -0.25) is 9.10 Å². The summed E-state index contributed by atoms with van der Waals surface area (Å²) in [5, 5.41) is 2.91. The maximum atomic E-state index is 12.6. The Bertz CT molecular complexity index is 937. The van der Waals surface area contributed by atoms with Crippen molar-refractivity contribution in [1.82, 2.24) is 5.32 Å². The summed E-state index contributed by atoms with van der Waals surface area (Å²) in [7, 11) is -3.57. The first-order chi connectivity index (χ1) is 14.2. The lowest BCUT2D eigenvalue weighted by Crippen LogP contribution is -2.41. The zero-order chi connectivity index (χ0) is 21.7. The quantitative estimate of drug-likeness (QED) is 0.731.